The Labute approximate surface area is 161 Å². The van der Waals surface area contributed by atoms with Gasteiger partial charge in [-0.15, -0.1) is 0 Å². The predicted molar refractivity (Wildman–Crippen MR) is 101 cm³/mol. The van der Waals surface area contributed by atoms with Crippen LogP contribution >= 0.6 is 0 Å². The SMILES string of the molecule is C[C@@H]1CN(C2CCN(S(=O)(=O)c3ccc(S(N)(=O)=O)cc3)CC2)C[C@H](C)O1. The molecule has 2 saturated heterocycles. The minimum Gasteiger partial charge on any atom is -0.373 e. The van der Waals surface area contributed by atoms with E-state index in [9.17, 15) is 16.8 Å². The van der Waals surface area contributed by atoms with E-state index in [-0.39, 0.29) is 22.0 Å². The molecule has 0 amide bonds. The lowest BCUT2D eigenvalue weighted by molar-refractivity contribution is -0.0847. The van der Waals surface area contributed by atoms with Gasteiger partial charge in [0.2, 0.25) is 20.0 Å². The Balaban J connectivity index is 1.66. The molecule has 2 fully saturated rings. The second kappa shape index (κ2) is 7.76. The van der Waals surface area contributed by atoms with Crippen LogP contribution in [0.2, 0.25) is 0 Å². The summed E-state index contributed by atoms with van der Waals surface area (Å²) >= 11 is 0. The fraction of sp³-hybridized carbons (Fsp3) is 0.647. The molecule has 2 aliphatic heterocycles. The Morgan fingerprint density at radius 2 is 1.41 bits per heavy atom. The number of primary sulfonamides is 1. The van der Waals surface area contributed by atoms with Crippen LogP contribution < -0.4 is 5.14 Å². The summed E-state index contributed by atoms with van der Waals surface area (Å²) in [7, 11) is -7.49. The highest BCUT2D eigenvalue weighted by atomic mass is 32.2. The van der Waals surface area contributed by atoms with E-state index in [1.807, 2.05) is 0 Å². The topological polar surface area (TPSA) is 110 Å². The summed E-state index contributed by atoms with van der Waals surface area (Å²) in [4.78, 5) is 2.39. The van der Waals surface area contributed by atoms with Crippen LogP contribution in [0.3, 0.4) is 0 Å². The molecule has 0 unspecified atom stereocenters. The Bertz CT molecular complexity index is 852. The third-order valence-electron chi connectivity index (χ3n) is 5.18. The molecule has 2 atom stereocenters. The van der Waals surface area contributed by atoms with E-state index in [0.717, 1.165) is 25.9 Å². The van der Waals surface area contributed by atoms with Crippen molar-refractivity contribution in [2.75, 3.05) is 26.2 Å². The molecular formula is C17H27N3O5S2. The minimum atomic E-state index is -3.84. The summed E-state index contributed by atoms with van der Waals surface area (Å²) in [6.07, 6.45) is 1.92. The molecule has 0 spiro atoms. The van der Waals surface area contributed by atoms with Crippen LogP contribution in [0, 0.1) is 0 Å². The van der Waals surface area contributed by atoms with Crippen LogP contribution in [0.25, 0.3) is 0 Å². The molecule has 3 rings (SSSR count). The molecule has 2 heterocycles. The Hall–Kier alpha value is -1.04. The van der Waals surface area contributed by atoms with Gasteiger partial charge in [0.15, 0.2) is 0 Å². The molecule has 8 nitrogen and oxygen atoms in total. The third-order valence-corrected chi connectivity index (χ3v) is 8.02. The van der Waals surface area contributed by atoms with Gasteiger partial charge in [-0.25, -0.2) is 22.0 Å². The molecule has 0 aliphatic carbocycles. The fourth-order valence-electron chi connectivity index (χ4n) is 3.91. The molecular weight excluding hydrogens is 390 g/mol. The second-order valence-corrected chi connectivity index (χ2v) is 10.9. The summed E-state index contributed by atoms with van der Waals surface area (Å²) < 4.78 is 55.6. The van der Waals surface area contributed by atoms with E-state index in [0.29, 0.717) is 19.1 Å². The van der Waals surface area contributed by atoms with Crippen LogP contribution in [0.5, 0.6) is 0 Å². The zero-order valence-corrected chi connectivity index (χ0v) is 17.2. The molecule has 10 heteroatoms. The number of morpholine rings is 1. The van der Waals surface area contributed by atoms with Crippen molar-refractivity contribution in [2.24, 2.45) is 5.14 Å². The molecule has 0 radical (unpaired) electrons. The third kappa shape index (κ3) is 4.69. The number of rotatable bonds is 4. The Morgan fingerprint density at radius 1 is 0.926 bits per heavy atom. The van der Waals surface area contributed by atoms with Crippen molar-refractivity contribution < 1.29 is 21.6 Å². The molecule has 0 bridgehead atoms. The first-order chi connectivity index (χ1) is 12.6. The first-order valence-corrected chi connectivity index (χ1v) is 12.1. The average molecular weight is 418 g/mol. The number of nitrogens with two attached hydrogens (primary N) is 1. The van der Waals surface area contributed by atoms with Gasteiger partial charge in [0.25, 0.3) is 0 Å². The maximum absolute atomic E-state index is 12.8. The van der Waals surface area contributed by atoms with Crippen molar-refractivity contribution in [1.82, 2.24) is 9.21 Å². The first kappa shape index (κ1) is 20.7. The van der Waals surface area contributed by atoms with Crippen LogP contribution in [0.1, 0.15) is 26.7 Å². The maximum atomic E-state index is 12.8. The Morgan fingerprint density at radius 3 is 1.89 bits per heavy atom. The zero-order valence-electron chi connectivity index (χ0n) is 15.6. The number of sulfonamides is 2. The van der Waals surface area contributed by atoms with Crippen molar-refractivity contribution in [3.8, 4) is 0 Å². The lowest BCUT2D eigenvalue weighted by Crippen LogP contribution is -2.53. The Kier molecular flexibility index (Phi) is 5.95. The van der Waals surface area contributed by atoms with Gasteiger partial charge in [-0.05, 0) is 51.0 Å². The summed E-state index contributed by atoms with van der Waals surface area (Å²) in [5.74, 6) is 0. The predicted octanol–water partition coefficient (Wildman–Crippen LogP) is 0.596. The lowest BCUT2D eigenvalue weighted by Gasteiger charge is -2.43. The average Bonchev–Trinajstić information content (AvgIpc) is 2.60. The van der Waals surface area contributed by atoms with Crippen molar-refractivity contribution in [1.29, 1.82) is 0 Å². The van der Waals surface area contributed by atoms with Crippen molar-refractivity contribution in [3.05, 3.63) is 24.3 Å². The smallest absolute Gasteiger partial charge is 0.243 e. The van der Waals surface area contributed by atoms with Crippen LogP contribution in [-0.2, 0) is 24.8 Å². The van der Waals surface area contributed by atoms with Gasteiger partial charge in [-0.3, -0.25) is 4.90 Å². The monoisotopic (exact) mass is 417 g/mol. The summed E-state index contributed by atoms with van der Waals surface area (Å²) in [6.45, 7) is 6.77. The van der Waals surface area contributed by atoms with Gasteiger partial charge in [-0.2, -0.15) is 4.31 Å². The normalized spacial score (nSPS) is 26.9. The molecule has 152 valence electrons. The second-order valence-electron chi connectivity index (χ2n) is 7.36. The summed E-state index contributed by atoms with van der Waals surface area (Å²) in [5.41, 5.74) is 0. The largest absolute Gasteiger partial charge is 0.373 e. The summed E-state index contributed by atoms with van der Waals surface area (Å²) in [6, 6.07) is 5.41. The lowest BCUT2D eigenvalue weighted by atomic mass is 10.0. The standard InChI is InChI=1S/C17H27N3O5S2/c1-13-11-19(12-14(2)25-13)15-7-9-20(10-8-15)27(23,24)17-5-3-16(4-6-17)26(18,21)22/h3-6,13-15H,7-12H2,1-2H3,(H2,18,21,22)/t13-,14+. The van der Waals surface area contributed by atoms with Gasteiger partial charge >= 0.3 is 0 Å². The van der Waals surface area contributed by atoms with Gasteiger partial charge in [0, 0.05) is 32.2 Å². The van der Waals surface area contributed by atoms with Gasteiger partial charge in [0.1, 0.15) is 0 Å². The zero-order chi connectivity index (χ0) is 19.8. The number of nitrogens with zero attached hydrogens (tertiary/aromatic N) is 2. The highest BCUT2D eigenvalue weighted by Gasteiger charge is 2.34. The molecule has 27 heavy (non-hydrogen) atoms. The quantitative estimate of drug-likeness (QED) is 0.768. The van der Waals surface area contributed by atoms with Crippen LogP contribution in [0.15, 0.2) is 34.1 Å². The summed E-state index contributed by atoms with van der Waals surface area (Å²) in [5, 5.41) is 5.06. The van der Waals surface area contributed by atoms with E-state index < -0.39 is 20.0 Å². The van der Waals surface area contributed by atoms with Crippen LogP contribution in [0.4, 0.5) is 0 Å². The first-order valence-electron chi connectivity index (χ1n) is 9.10. The highest BCUT2D eigenvalue weighted by molar-refractivity contribution is 7.89. The van der Waals surface area contributed by atoms with Gasteiger partial charge in [-0.1, -0.05) is 0 Å². The van der Waals surface area contributed by atoms with Crippen molar-refractivity contribution >= 4 is 20.0 Å². The number of hydrogen-bond donors (Lipinski definition) is 1. The van der Waals surface area contributed by atoms with Gasteiger partial charge < -0.3 is 4.74 Å². The fourth-order valence-corrected chi connectivity index (χ4v) is 5.90. The number of hydrogen-bond acceptors (Lipinski definition) is 6. The van der Waals surface area contributed by atoms with Crippen molar-refractivity contribution in [2.45, 2.75) is 54.7 Å². The van der Waals surface area contributed by atoms with E-state index >= 15 is 0 Å². The van der Waals surface area contributed by atoms with E-state index in [2.05, 4.69) is 18.7 Å². The molecule has 2 aliphatic rings. The van der Waals surface area contributed by atoms with E-state index in [1.165, 1.54) is 28.6 Å². The molecule has 1 aromatic carbocycles. The maximum Gasteiger partial charge on any atom is 0.243 e. The van der Waals surface area contributed by atoms with Crippen LogP contribution in [-0.4, -0.2) is 70.5 Å². The molecule has 2 N–H and O–H groups in total. The molecule has 1 aromatic rings. The van der Waals surface area contributed by atoms with E-state index in [1.54, 1.807) is 0 Å². The number of benzene rings is 1. The van der Waals surface area contributed by atoms with E-state index in [4.69, 9.17) is 9.88 Å². The van der Waals surface area contributed by atoms with Gasteiger partial charge in [0.05, 0.1) is 22.0 Å². The number of ether oxygens (including phenoxy) is 1. The minimum absolute atomic E-state index is 0.0852. The number of piperidine rings is 1. The highest BCUT2D eigenvalue weighted by Crippen LogP contribution is 2.25. The molecule has 0 saturated carbocycles. The van der Waals surface area contributed by atoms with Crippen molar-refractivity contribution in [3.63, 3.8) is 0 Å². The molecule has 0 aromatic heterocycles.